The van der Waals surface area contributed by atoms with Crippen LogP contribution in [0, 0.1) is 0 Å². The Morgan fingerprint density at radius 3 is 3.00 bits per heavy atom. The lowest BCUT2D eigenvalue weighted by Crippen LogP contribution is -2.24. The average Bonchev–Trinajstić information content (AvgIpc) is 2.71. The van der Waals surface area contributed by atoms with Crippen LogP contribution in [0.3, 0.4) is 0 Å². The van der Waals surface area contributed by atoms with E-state index >= 15 is 0 Å². The fourth-order valence-corrected chi connectivity index (χ4v) is 1.71. The first kappa shape index (κ1) is 10.9. The van der Waals surface area contributed by atoms with Gasteiger partial charge in [0.05, 0.1) is 11.7 Å². The van der Waals surface area contributed by atoms with Gasteiger partial charge in [-0.3, -0.25) is 4.68 Å². The monoisotopic (exact) mass is 234 g/mol. The molecule has 2 rings (SSSR count). The maximum Gasteiger partial charge on any atom is 0.170 e. The highest BCUT2D eigenvalue weighted by Crippen LogP contribution is 2.18. The lowest BCUT2D eigenvalue weighted by molar-refractivity contribution is 0.684. The molecule has 5 heteroatoms. The lowest BCUT2D eigenvalue weighted by Gasteiger charge is -2.07. The molecule has 16 heavy (non-hydrogen) atoms. The van der Waals surface area contributed by atoms with Crippen LogP contribution < -0.4 is 10.6 Å². The number of nitrogens with zero attached hydrogens (tertiary/aromatic N) is 2. The summed E-state index contributed by atoms with van der Waals surface area (Å²) in [6.45, 7) is 2.94. The summed E-state index contributed by atoms with van der Waals surface area (Å²) in [6.07, 6.45) is 1.87. The highest BCUT2D eigenvalue weighted by Gasteiger charge is 2.02. The van der Waals surface area contributed by atoms with Gasteiger partial charge in [0.1, 0.15) is 0 Å². The molecule has 1 aromatic carbocycles. The number of rotatable bonds is 2. The van der Waals surface area contributed by atoms with Crippen LogP contribution in [-0.4, -0.2) is 21.9 Å². The average molecular weight is 234 g/mol. The summed E-state index contributed by atoms with van der Waals surface area (Å²) >= 11 is 5.06. The minimum absolute atomic E-state index is 0.613. The van der Waals surface area contributed by atoms with Crippen LogP contribution in [-0.2, 0) is 6.54 Å². The van der Waals surface area contributed by atoms with Gasteiger partial charge in [0.25, 0.3) is 0 Å². The Hall–Kier alpha value is -1.62. The molecule has 0 atom stereocenters. The van der Waals surface area contributed by atoms with E-state index in [9.17, 15) is 0 Å². The predicted octanol–water partition coefficient (Wildman–Crippen LogP) is 1.97. The van der Waals surface area contributed by atoms with Gasteiger partial charge in [-0.05, 0) is 37.3 Å². The van der Waals surface area contributed by atoms with E-state index < -0.39 is 0 Å². The number of hydrogen-bond donors (Lipinski definition) is 2. The predicted molar refractivity (Wildman–Crippen MR) is 70.7 cm³/mol. The van der Waals surface area contributed by atoms with Gasteiger partial charge in [0.15, 0.2) is 5.11 Å². The Bertz CT molecular complexity index is 518. The highest BCUT2D eigenvalue weighted by molar-refractivity contribution is 7.80. The van der Waals surface area contributed by atoms with Crippen LogP contribution in [0.5, 0.6) is 0 Å². The van der Waals surface area contributed by atoms with Gasteiger partial charge < -0.3 is 10.6 Å². The smallest absolute Gasteiger partial charge is 0.170 e. The maximum absolute atomic E-state index is 5.06. The van der Waals surface area contributed by atoms with Crippen molar-refractivity contribution >= 4 is 33.9 Å². The van der Waals surface area contributed by atoms with Crippen LogP contribution in [0.25, 0.3) is 10.9 Å². The van der Waals surface area contributed by atoms with Crippen molar-refractivity contribution in [2.45, 2.75) is 13.5 Å². The van der Waals surface area contributed by atoms with E-state index in [2.05, 4.69) is 28.7 Å². The summed E-state index contributed by atoms with van der Waals surface area (Å²) in [4.78, 5) is 0. The first-order valence-corrected chi connectivity index (χ1v) is 5.59. The van der Waals surface area contributed by atoms with Crippen molar-refractivity contribution in [2.75, 3.05) is 12.4 Å². The fraction of sp³-hybridized carbons (Fsp3) is 0.273. The van der Waals surface area contributed by atoms with Gasteiger partial charge in [0.2, 0.25) is 0 Å². The molecular formula is C11H14N4S. The molecule has 0 bridgehead atoms. The third kappa shape index (κ3) is 1.99. The summed E-state index contributed by atoms with van der Waals surface area (Å²) in [5.41, 5.74) is 2.09. The SMILES string of the molecule is CCn1ncc2ccc(NC(=S)NC)cc21. The van der Waals surface area contributed by atoms with Gasteiger partial charge in [-0.1, -0.05) is 0 Å². The van der Waals surface area contributed by atoms with Crippen molar-refractivity contribution in [1.82, 2.24) is 15.1 Å². The summed E-state index contributed by atoms with van der Waals surface area (Å²) in [5.74, 6) is 0. The molecular weight excluding hydrogens is 220 g/mol. The number of hydrogen-bond acceptors (Lipinski definition) is 2. The van der Waals surface area contributed by atoms with Crippen LogP contribution in [0.2, 0.25) is 0 Å². The van der Waals surface area contributed by atoms with Crippen molar-refractivity contribution in [2.24, 2.45) is 0 Å². The molecule has 0 radical (unpaired) electrons. The van der Waals surface area contributed by atoms with Crippen molar-refractivity contribution in [3.05, 3.63) is 24.4 Å². The van der Waals surface area contributed by atoms with E-state index in [0.717, 1.165) is 23.1 Å². The number of aryl methyl sites for hydroxylation is 1. The van der Waals surface area contributed by atoms with Crippen molar-refractivity contribution in [1.29, 1.82) is 0 Å². The van der Waals surface area contributed by atoms with Crippen LogP contribution in [0.1, 0.15) is 6.92 Å². The molecule has 2 N–H and O–H groups in total. The molecule has 1 heterocycles. The van der Waals surface area contributed by atoms with E-state index in [0.29, 0.717) is 5.11 Å². The van der Waals surface area contributed by atoms with E-state index in [-0.39, 0.29) is 0 Å². The molecule has 0 saturated heterocycles. The van der Waals surface area contributed by atoms with E-state index in [1.165, 1.54) is 0 Å². The molecule has 0 saturated carbocycles. The first-order chi connectivity index (χ1) is 7.74. The van der Waals surface area contributed by atoms with Gasteiger partial charge in [0, 0.05) is 24.7 Å². The summed E-state index contributed by atoms with van der Waals surface area (Å²) < 4.78 is 1.96. The molecule has 0 spiro atoms. The van der Waals surface area contributed by atoms with Gasteiger partial charge in [-0.2, -0.15) is 5.10 Å². The van der Waals surface area contributed by atoms with E-state index in [1.54, 1.807) is 7.05 Å². The van der Waals surface area contributed by atoms with E-state index in [4.69, 9.17) is 12.2 Å². The Labute approximate surface area is 99.6 Å². The zero-order valence-corrected chi connectivity index (χ0v) is 10.1. The lowest BCUT2D eigenvalue weighted by atomic mass is 10.2. The zero-order valence-electron chi connectivity index (χ0n) is 9.32. The zero-order chi connectivity index (χ0) is 11.5. The standard InChI is InChI=1S/C11H14N4S/c1-3-15-10-6-9(14-11(16)12-2)5-4-8(10)7-13-15/h4-7H,3H2,1-2H3,(H2,12,14,16). The van der Waals surface area contributed by atoms with Crippen molar-refractivity contribution < 1.29 is 0 Å². The highest BCUT2D eigenvalue weighted by atomic mass is 32.1. The van der Waals surface area contributed by atoms with Gasteiger partial charge >= 0.3 is 0 Å². The van der Waals surface area contributed by atoms with Crippen LogP contribution in [0.15, 0.2) is 24.4 Å². The van der Waals surface area contributed by atoms with Crippen LogP contribution >= 0.6 is 12.2 Å². The minimum atomic E-state index is 0.613. The number of aromatic nitrogens is 2. The Kier molecular flexibility index (Phi) is 3.05. The third-order valence-electron chi connectivity index (χ3n) is 2.43. The third-order valence-corrected chi connectivity index (χ3v) is 2.74. The van der Waals surface area contributed by atoms with Crippen LogP contribution in [0.4, 0.5) is 5.69 Å². The number of benzene rings is 1. The summed E-state index contributed by atoms with van der Waals surface area (Å²) in [5, 5.41) is 12.0. The summed E-state index contributed by atoms with van der Waals surface area (Å²) in [7, 11) is 1.80. The number of anilines is 1. The molecule has 1 aromatic heterocycles. The second kappa shape index (κ2) is 4.49. The molecule has 84 valence electrons. The molecule has 0 amide bonds. The quantitative estimate of drug-likeness (QED) is 0.780. The second-order valence-electron chi connectivity index (χ2n) is 3.44. The molecule has 4 nitrogen and oxygen atoms in total. The normalized spacial score (nSPS) is 10.4. The van der Waals surface area contributed by atoms with E-state index in [1.807, 2.05) is 23.0 Å². The van der Waals surface area contributed by atoms with Crippen molar-refractivity contribution in [3.63, 3.8) is 0 Å². The Morgan fingerprint density at radius 1 is 1.50 bits per heavy atom. The molecule has 0 fully saturated rings. The van der Waals surface area contributed by atoms with Crippen molar-refractivity contribution in [3.8, 4) is 0 Å². The largest absolute Gasteiger partial charge is 0.366 e. The number of thiocarbonyl (C=S) groups is 1. The Balaban J connectivity index is 2.37. The maximum atomic E-state index is 5.06. The molecule has 0 aliphatic heterocycles. The molecule has 0 aliphatic carbocycles. The molecule has 2 aromatic rings. The first-order valence-electron chi connectivity index (χ1n) is 5.19. The molecule has 0 unspecified atom stereocenters. The molecule has 0 aliphatic rings. The second-order valence-corrected chi connectivity index (χ2v) is 3.85. The van der Waals surface area contributed by atoms with Gasteiger partial charge in [-0.25, -0.2) is 0 Å². The number of fused-ring (bicyclic) bond motifs is 1. The van der Waals surface area contributed by atoms with Gasteiger partial charge in [-0.15, -0.1) is 0 Å². The fourth-order valence-electron chi connectivity index (χ4n) is 1.59. The topological polar surface area (TPSA) is 41.9 Å². The Morgan fingerprint density at radius 2 is 2.31 bits per heavy atom. The minimum Gasteiger partial charge on any atom is -0.366 e. The number of nitrogens with one attached hydrogen (secondary N) is 2. The summed E-state index contributed by atoms with van der Waals surface area (Å²) in [6, 6.07) is 6.08.